The van der Waals surface area contributed by atoms with E-state index in [1.807, 2.05) is 30.3 Å². The van der Waals surface area contributed by atoms with Gasteiger partial charge in [-0.3, -0.25) is 0 Å². The molecule has 100 valence electrons. The summed E-state index contributed by atoms with van der Waals surface area (Å²) in [6, 6.07) is 9.90. The molecule has 19 heavy (non-hydrogen) atoms. The molecular formula is C14H14INO3. The molecule has 0 aliphatic rings. The fraction of sp³-hybridized carbons (Fsp3) is 0.214. The monoisotopic (exact) mass is 371 g/mol. The quantitative estimate of drug-likeness (QED) is 0.574. The van der Waals surface area contributed by atoms with Gasteiger partial charge in [0.05, 0.1) is 0 Å². The molecule has 1 aromatic heterocycles. The third kappa shape index (κ3) is 3.36. The molecule has 0 unspecified atom stereocenters. The molecule has 0 spiro atoms. The van der Waals surface area contributed by atoms with Crippen molar-refractivity contribution < 1.29 is 14.0 Å². The summed E-state index contributed by atoms with van der Waals surface area (Å²) in [5.41, 5.74) is 1.08. The van der Waals surface area contributed by atoms with E-state index in [1.165, 1.54) is 0 Å². The van der Waals surface area contributed by atoms with Crippen molar-refractivity contribution in [2.75, 3.05) is 7.11 Å². The predicted octanol–water partition coefficient (Wildman–Crippen LogP) is 3.73. The van der Waals surface area contributed by atoms with Crippen molar-refractivity contribution in [3.05, 3.63) is 57.9 Å². The van der Waals surface area contributed by atoms with Crippen LogP contribution in [0.3, 0.4) is 0 Å². The largest absolute Gasteiger partial charge is 0.470 e. The lowest BCUT2D eigenvalue weighted by Gasteiger charge is -2.06. The maximum atomic E-state index is 5.64. The van der Waals surface area contributed by atoms with Crippen molar-refractivity contribution in [1.29, 1.82) is 0 Å². The Hall–Kier alpha value is -1.34. The van der Waals surface area contributed by atoms with Gasteiger partial charge in [0, 0.05) is 7.11 Å². The molecule has 1 heterocycles. The molecule has 0 aliphatic carbocycles. The highest BCUT2D eigenvalue weighted by Crippen LogP contribution is 2.30. The number of nitrogens with zero attached hydrogens (tertiary/aromatic N) is 1. The van der Waals surface area contributed by atoms with Crippen molar-refractivity contribution in [2.24, 2.45) is 0 Å². The van der Waals surface area contributed by atoms with Gasteiger partial charge < -0.3 is 14.0 Å². The highest BCUT2D eigenvalue weighted by atomic mass is 127. The Morgan fingerprint density at radius 2 is 2.16 bits per heavy atom. The Balaban J connectivity index is 2.08. The number of aromatic nitrogens is 1. The van der Waals surface area contributed by atoms with E-state index in [0.29, 0.717) is 18.2 Å². The molecule has 1 atom stereocenters. The van der Waals surface area contributed by atoms with E-state index in [-0.39, 0.29) is 6.10 Å². The van der Waals surface area contributed by atoms with Crippen LogP contribution in [0.5, 0.6) is 5.88 Å². The second kappa shape index (κ2) is 6.72. The first-order chi connectivity index (χ1) is 9.26. The molecular weight excluding hydrogens is 357 g/mol. The third-order valence-corrected chi connectivity index (χ3v) is 3.57. The number of hydrogen-bond donors (Lipinski definition) is 0. The first-order valence-electron chi connectivity index (χ1n) is 5.73. The first-order valence-corrected chi connectivity index (χ1v) is 6.81. The van der Waals surface area contributed by atoms with Gasteiger partial charge in [0.2, 0.25) is 0 Å². The Morgan fingerprint density at radius 3 is 2.79 bits per heavy atom. The molecule has 0 saturated heterocycles. The number of hydrogen-bond acceptors (Lipinski definition) is 4. The van der Waals surface area contributed by atoms with E-state index in [2.05, 4.69) is 34.3 Å². The van der Waals surface area contributed by atoms with Crippen LogP contribution >= 0.6 is 22.6 Å². The second-order valence-electron chi connectivity index (χ2n) is 3.83. The van der Waals surface area contributed by atoms with Gasteiger partial charge in [0.25, 0.3) is 5.88 Å². The summed E-state index contributed by atoms with van der Waals surface area (Å²) >= 11 is 2.13. The molecule has 0 N–H and O–H groups in total. The van der Waals surface area contributed by atoms with Crippen LogP contribution in [0.1, 0.15) is 17.4 Å². The fourth-order valence-electron chi connectivity index (χ4n) is 1.58. The van der Waals surface area contributed by atoms with Gasteiger partial charge in [-0.15, -0.1) is 6.58 Å². The van der Waals surface area contributed by atoms with Crippen molar-refractivity contribution in [2.45, 2.75) is 12.7 Å². The molecule has 0 bridgehead atoms. The summed E-state index contributed by atoms with van der Waals surface area (Å²) < 4.78 is 16.9. The minimum Gasteiger partial charge on any atom is -0.470 e. The molecule has 0 saturated carbocycles. The second-order valence-corrected chi connectivity index (χ2v) is 4.91. The molecule has 0 aliphatic heterocycles. The highest BCUT2D eigenvalue weighted by Gasteiger charge is 2.21. The summed E-state index contributed by atoms with van der Waals surface area (Å²) in [6.45, 7) is 4.15. The lowest BCUT2D eigenvalue weighted by molar-refractivity contribution is 0.114. The lowest BCUT2D eigenvalue weighted by Crippen LogP contribution is -1.99. The number of rotatable bonds is 6. The number of benzene rings is 1. The summed E-state index contributed by atoms with van der Waals surface area (Å²) in [7, 11) is 1.59. The number of methoxy groups -OCH3 is 1. The van der Waals surface area contributed by atoms with Crippen LogP contribution in [0.4, 0.5) is 0 Å². The number of halogens is 1. The topological polar surface area (TPSA) is 44.5 Å². The zero-order valence-corrected chi connectivity index (χ0v) is 12.7. The van der Waals surface area contributed by atoms with Crippen molar-refractivity contribution in [3.63, 3.8) is 0 Å². The summed E-state index contributed by atoms with van der Waals surface area (Å²) in [5.74, 6) is 1.09. The maximum Gasteiger partial charge on any atom is 0.268 e. The summed E-state index contributed by atoms with van der Waals surface area (Å²) in [5, 5.41) is 3.92. The SMILES string of the molecule is C=C[C@@H](OC)c1onc(OCc2ccccc2)c1I. The van der Waals surface area contributed by atoms with E-state index < -0.39 is 0 Å². The van der Waals surface area contributed by atoms with Crippen LogP contribution < -0.4 is 4.74 Å². The predicted molar refractivity (Wildman–Crippen MR) is 79.9 cm³/mol. The zero-order valence-electron chi connectivity index (χ0n) is 10.5. The average Bonchev–Trinajstić information content (AvgIpc) is 2.81. The minimum absolute atomic E-state index is 0.312. The minimum atomic E-state index is -0.312. The van der Waals surface area contributed by atoms with Crippen molar-refractivity contribution in [1.82, 2.24) is 5.16 Å². The first kappa shape index (κ1) is 14.1. The van der Waals surface area contributed by atoms with Crippen LogP contribution in [0.15, 0.2) is 47.5 Å². The Kier molecular flexibility index (Phi) is 4.98. The highest BCUT2D eigenvalue weighted by molar-refractivity contribution is 14.1. The van der Waals surface area contributed by atoms with Crippen molar-refractivity contribution >= 4 is 22.6 Å². The molecule has 4 nitrogen and oxygen atoms in total. The van der Waals surface area contributed by atoms with Gasteiger partial charge in [-0.1, -0.05) is 36.4 Å². The Labute approximate surface area is 125 Å². The fourth-order valence-corrected chi connectivity index (χ4v) is 2.24. The van der Waals surface area contributed by atoms with Gasteiger partial charge in [0.15, 0.2) is 5.76 Å². The van der Waals surface area contributed by atoms with Gasteiger partial charge in [-0.05, 0) is 33.3 Å². The van der Waals surface area contributed by atoms with Gasteiger partial charge in [0.1, 0.15) is 16.3 Å². The van der Waals surface area contributed by atoms with Crippen LogP contribution in [-0.2, 0) is 11.3 Å². The molecule has 0 amide bonds. The van der Waals surface area contributed by atoms with Crippen molar-refractivity contribution in [3.8, 4) is 5.88 Å². The normalized spacial score (nSPS) is 12.1. The van der Waals surface area contributed by atoms with E-state index >= 15 is 0 Å². The van der Waals surface area contributed by atoms with E-state index in [4.69, 9.17) is 14.0 Å². The van der Waals surface area contributed by atoms with E-state index in [1.54, 1.807) is 13.2 Å². The molecule has 0 radical (unpaired) electrons. The summed E-state index contributed by atoms with van der Waals surface area (Å²) in [6.07, 6.45) is 1.34. The molecule has 0 fully saturated rings. The Bertz CT molecular complexity index is 539. The molecule has 2 aromatic rings. The lowest BCUT2D eigenvalue weighted by atomic mass is 10.2. The van der Waals surface area contributed by atoms with Crippen LogP contribution in [0, 0.1) is 3.57 Å². The number of ether oxygens (including phenoxy) is 2. The average molecular weight is 371 g/mol. The maximum absolute atomic E-state index is 5.64. The smallest absolute Gasteiger partial charge is 0.268 e. The van der Waals surface area contributed by atoms with Gasteiger partial charge in [-0.2, -0.15) is 0 Å². The van der Waals surface area contributed by atoms with Crippen LogP contribution in [0.2, 0.25) is 0 Å². The molecule has 5 heteroatoms. The van der Waals surface area contributed by atoms with Gasteiger partial charge in [-0.25, -0.2) is 0 Å². The van der Waals surface area contributed by atoms with Gasteiger partial charge >= 0.3 is 0 Å². The Morgan fingerprint density at radius 1 is 1.42 bits per heavy atom. The van der Waals surface area contributed by atoms with E-state index in [0.717, 1.165) is 9.13 Å². The standard InChI is InChI=1S/C14H14INO3/c1-3-11(17-2)13-12(15)14(16-19-13)18-9-10-7-5-4-6-8-10/h3-8,11H,1,9H2,2H3/t11-/m1/s1. The molecule has 1 aromatic carbocycles. The van der Waals surface area contributed by atoms with E-state index in [9.17, 15) is 0 Å². The summed E-state index contributed by atoms with van der Waals surface area (Å²) in [4.78, 5) is 0. The van der Waals surface area contributed by atoms with Crippen LogP contribution in [0.25, 0.3) is 0 Å². The zero-order chi connectivity index (χ0) is 13.7. The molecule has 2 rings (SSSR count). The van der Waals surface area contributed by atoms with Crippen LogP contribution in [-0.4, -0.2) is 12.3 Å². The third-order valence-electron chi connectivity index (χ3n) is 2.58.